The molecule has 8 rings (SSSR count). The van der Waals surface area contributed by atoms with Crippen LogP contribution in [-0.2, 0) is 10.3 Å². The van der Waals surface area contributed by atoms with Gasteiger partial charge in [0.1, 0.15) is 11.3 Å². The summed E-state index contributed by atoms with van der Waals surface area (Å²) in [5.41, 5.74) is 5.08. The highest BCUT2D eigenvalue weighted by Gasteiger charge is 2.63. The van der Waals surface area contributed by atoms with Crippen molar-refractivity contribution < 1.29 is 4.79 Å². The number of fused-ring (bicyclic) bond motifs is 6. The van der Waals surface area contributed by atoms with Crippen molar-refractivity contribution in [3.63, 3.8) is 0 Å². The Morgan fingerprint density at radius 2 is 1.67 bits per heavy atom. The van der Waals surface area contributed by atoms with E-state index in [9.17, 15) is 4.79 Å². The van der Waals surface area contributed by atoms with E-state index in [0.29, 0.717) is 0 Å². The number of allylic oxidation sites excluding steroid dienone is 4. The Balaban J connectivity index is 1.38. The molecule has 1 saturated heterocycles. The van der Waals surface area contributed by atoms with Gasteiger partial charge < -0.3 is 0 Å². The highest BCUT2D eigenvalue weighted by Crippen LogP contribution is 2.61. The molecular weight excluding hydrogens is 519 g/mol. The van der Waals surface area contributed by atoms with Crippen molar-refractivity contribution in [2.24, 2.45) is 11.8 Å². The Morgan fingerprint density at radius 3 is 2.46 bits per heavy atom. The average molecular weight is 544 g/mol. The summed E-state index contributed by atoms with van der Waals surface area (Å²) in [5, 5.41) is 2.12. The molecule has 0 unspecified atom stereocenters. The van der Waals surface area contributed by atoms with Gasteiger partial charge in [0.2, 0.25) is 0 Å². The van der Waals surface area contributed by atoms with Crippen LogP contribution in [0, 0.1) is 11.8 Å². The predicted molar refractivity (Wildman–Crippen MR) is 159 cm³/mol. The molecule has 0 N–H and O–H groups in total. The van der Waals surface area contributed by atoms with E-state index in [-0.39, 0.29) is 23.5 Å². The number of carbonyl (C=O) groups excluding carboxylic acids is 1. The fourth-order valence-electron chi connectivity index (χ4n) is 6.97. The number of hydrogen-bond donors (Lipinski definition) is 0. The molecule has 39 heavy (non-hydrogen) atoms. The maximum Gasteiger partial charge on any atom is 0.149 e. The van der Waals surface area contributed by atoms with Gasteiger partial charge in [-0.05, 0) is 48.3 Å². The zero-order chi connectivity index (χ0) is 26.1. The Labute approximate surface area is 235 Å². The molecule has 3 aliphatic rings. The van der Waals surface area contributed by atoms with Gasteiger partial charge in [0.15, 0.2) is 0 Å². The molecule has 1 spiro atoms. The standard InChI is InChI=1S/C33H25N3OS2/c1-36-19-22(26-16-17-28(39-26)27-15-8-18-38-27)29(31(37)20-9-2-3-10-20)33(36)23-12-5-4-11-21(23)30-32(33)35-25-14-7-6-13-24(25)34-30/h2-18,20,22,29H,19H2,1H3/t22-,29+,33+/m1/s1. The summed E-state index contributed by atoms with van der Waals surface area (Å²) in [7, 11) is 2.16. The van der Waals surface area contributed by atoms with Crippen LogP contribution in [0.2, 0.25) is 0 Å². The number of para-hydroxylation sites is 2. The lowest BCUT2D eigenvalue weighted by Gasteiger charge is -2.39. The van der Waals surface area contributed by atoms with Gasteiger partial charge in [0, 0.05) is 32.7 Å². The van der Waals surface area contributed by atoms with Crippen LogP contribution in [0.25, 0.3) is 32.0 Å². The van der Waals surface area contributed by atoms with Gasteiger partial charge in [-0.15, -0.1) is 22.7 Å². The van der Waals surface area contributed by atoms with E-state index < -0.39 is 5.54 Å². The number of rotatable bonds is 4. The van der Waals surface area contributed by atoms with E-state index in [4.69, 9.17) is 9.97 Å². The second-order valence-electron chi connectivity index (χ2n) is 10.6. The molecule has 1 fully saturated rings. The normalized spacial score (nSPS) is 23.7. The van der Waals surface area contributed by atoms with E-state index in [1.54, 1.807) is 11.3 Å². The van der Waals surface area contributed by atoms with Crippen LogP contribution in [0.4, 0.5) is 0 Å². The molecule has 0 bridgehead atoms. The lowest BCUT2D eigenvalue weighted by molar-refractivity contribution is -0.126. The number of likely N-dealkylation sites (N-methyl/N-ethyl adjacent to an activating group) is 1. The van der Waals surface area contributed by atoms with Crippen LogP contribution >= 0.6 is 22.7 Å². The number of likely N-dealkylation sites (tertiary alicyclic amines) is 1. The van der Waals surface area contributed by atoms with Crippen LogP contribution in [0.1, 0.15) is 22.1 Å². The zero-order valence-electron chi connectivity index (χ0n) is 21.3. The fraction of sp³-hybridized carbons (Fsp3) is 0.182. The predicted octanol–water partition coefficient (Wildman–Crippen LogP) is 7.30. The van der Waals surface area contributed by atoms with Crippen LogP contribution in [0.15, 0.2) is 102 Å². The molecule has 3 aromatic heterocycles. The summed E-state index contributed by atoms with van der Waals surface area (Å²) in [6, 6.07) is 25.3. The van der Waals surface area contributed by atoms with Gasteiger partial charge >= 0.3 is 0 Å². The monoisotopic (exact) mass is 543 g/mol. The molecule has 0 amide bonds. The van der Waals surface area contributed by atoms with Crippen molar-refractivity contribution in [3.05, 3.63) is 119 Å². The summed E-state index contributed by atoms with van der Waals surface area (Å²) in [6.07, 6.45) is 8.05. The average Bonchev–Trinajstić information content (AvgIpc) is 3.80. The Morgan fingerprint density at radius 1 is 0.897 bits per heavy atom. The van der Waals surface area contributed by atoms with Crippen LogP contribution in [0.3, 0.4) is 0 Å². The van der Waals surface area contributed by atoms with Crippen LogP contribution in [-0.4, -0.2) is 34.2 Å². The molecule has 4 heterocycles. The summed E-state index contributed by atoms with van der Waals surface area (Å²) in [6.45, 7) is 0.767. The first-order valence-electron chi connectivity index (χ1n) is 13.3. The third-order valence-corrected chi connectivity index (χ3v) is 10.9. The second-order valence-corrected chi connectivity index (χ2v) is 12.6. The summed E-state index contributed by atoms with van der Waals surface area (Å²) >= 11 is 3.58. The molecule has 6 heteroatoms. The molecule has 0 radical (unpaired) electrons. The van der Waals surface area contributed by atoms with E-state index in [0.717, 1.165) is 40.1 Å². The summed E-state index contributed by atoms with van der Waals surface area (Å²) < 4.78 is 0. The first-order valence-corrected chi connectivity index (χ1v) is 15.0. The highest BCUT2D eigenvalue weighted by atomic mass is 32.1. The molecule has 1 aliphatic heterocycles. The number of thiophene rings is 2. The first kappa shape index (κ1) is 23.2. The Bertz CT molecular complexity index is 1810. The first-order chi connectivity index (χ1) is 19.2. The number of benzene rings is 2. The molecular formula is C33H25N3OS2. The molecule has 2 aromatic carbocycles. The number of hydrogen-bond acceptors (Lipinski definition) is 6. The van der Waals surface area contributed by atoms with Crippen molar-refractivity contribution in [1.82, 2.24) is 14.9 Å². The van der Waals surface area contributed by atoms with Crippen molar-refractivity contribution in [2.45, 2.75) is 11.5 Å². The summed E-state index contributed by atoms with van der Waals surface area (Å²) in [4.78, 5) is 31.3. The minimum atomic E-state index is -0.692. The van der Waals surface area contributed by atoms with Gasteiger partial charge in [0.25, 0.3) is 0 Å². The Kier molecular flexibility index (Phi) is 5.14. The maximum absolute atomic E-state index is 14.7. The number of nitrogens with zero attached hydrogens (tertiary/aromatic N) is 3. The third kappa shape index (κ3) is 3.22. The quantitative estimate of drug-likeness (QED) is 0.239. The highest BCUT2D eigenvalue weighted by molar-refractivity contribution is 7.21. The largest absolute Gasteiger partial charge is 0.298 e. The minimum Gasteiger partial charge on any atom is -0.298 e. The smallest absolute Gasteiger partial charge is 0.149 e. The SMILES string of the molecule is CN1C[C@H](c2ccc(-c3cccs3)s2)[C@@H](C(=O)C2C=CC=C2)[C@]12c1ccccc1-c1nc3ccccc3nc12. The van der Waals surface area contributed by atoms with Gasteiger partial charge in [-0.3, -0.25) is 9.69 Å². The van der Waals surface area contributed by atoms with Crippen molar-refractivity contribution in [1.29, 1.82) is 0 Å². The Hall–Kier alpha value is -3.71. The molecule has 2 aliphatic carbocycles. The maximum atomic E-state index is 14.7. The van der Waals surface area contributed by atoms with Gasteiger partial charge in [-0.2, -0.15) is 0 Å². The summed E-state index contributed by atoms with van der Waals surface area (Å²) in [5.74, 6) is -0.260. The lowest BCUT2D eigenvalue weighted by Crippen LogP contribution is -2.47. The lowest BCUT2D eigenvalue weighted by atomic mass is 9.70. The van der Waals surface area contributed by atoms with Gasteiger partial charge in [-0.25, -0.2) is 9.97 Å². The van der Waals surface area contributed by atoms with E-state index in [1.165, 1.54) is 14.6 Å². The topological polar surface area (TPSA) is 46.1 Å². The van der Waals surface area contributed by atoms with Gasteiger partial charge in [-0.1, -0.05) is 66.8 Å². The van der Waals surface area contributed by atoms with Crippen molar-refractivity contribution in [3.8, 4) is 21.0 Å². The molecule has 4 nitrogen and oxygen atoms in total. The van der Waals surface area contributed by atoms with E-state index >= 15 is 0 Å². The molecule has 0 saturated carbocycles. The molecule has 190 valence electrons. The number of aromatic nitrogens is 2. The van der Waals surface area contributed by atoms with Crippen LogP contribution in [0.5, 0.6) is 0 Å². The van der Waals surface area contributed by atoms with E-state index in [2.05, 4.69) is 65.9 Å². The van der Waals surface area contributed by atoms with Gasteiger partial charge in [0.05, 0.1) is 34.3 Å². The molecule has 3 atom stereocenters. The minimum absolute atomic E-state index is 0.0379. The fourth-order valence-corrected chi connectivity index (χ4v) is 8.94. The number of carbonyl (C=O) groups is 1. The zero-order valence-corrected chi connectivity index (χ0v) is 23.0. The van der Waals surface area contributed by atoms with Crippen LogP contribution < -0.4 is 0 Å². The van der Waals surface area contributed by atoms with Crippen molar-refractivity contribution >= 4 is 39.5 Å². The van der Waals surface area contributed by atoms with E-state index in [1.807, 2.05) is 59.9 Å². The third-order valence-electron chi connectivity index (χ3n) is 8.59. The number of ketones is 1. The molecule has 5 aromatic rings. The van der Waals surface area contributed by atoms with Crippen molar-refractivity contribution in [2.75, 3.05) is 13.6 Å². The second kappa shape index (κ2) is 8.65. The number of Topliss-reactive ketones (excluding diaryl/α,β-unsaturated/α-hetero) is 1.